The second kappa shape index (κ2) is 8.59. The summed E-state index contributed by atoms with van der Waals surface area (Å²) in [6, 6.07) is 16.5. The largest absolute Gasteiger partial charge is 0.397 e. The smallest absolute Gasteiger partial charge is 0.379 e. The zero-order valence-electron chi connectivity index (χ0n) is 14.8. The number of benzene rings is 2. The van der Waals surface area contributed by atoms with Gasteiger partial charge in [-0.05, 0) is 12.1 Å². The Morgan fingerprint density at radius 3 is 2.00 bits per heavy atom. The number of pyridine rings is 1. The van der Waals surface area contributed by atoms with Crippen molar-refractivity contribution in [3.05, 3.63) is 48.5 Å². The number of rotatable bonds is 3. The molecule has 0 atom stereocenters. The van der Waals surface area contributed by atoms with E-state index in [0.29, 0.717) is 0 Å². The van der Waals surface area contributed by atoms with E-state index in [0.717, 1.165) is 60.9 Å². The van der Waals surface area contributed by atoms with Gasteiger partial charge in [-0.15, -0.1) is 0 Å². The average molecular weight is 391 g/mol. The number of para-hydroxylation sites is 2. The molecule has 144 valence electrons. The molecule has 0 aliphatic carbocycles. The third-order valence-corrected chi connectivity index (χ3v) is 4.50. The molecule has 2 heterocycles. The molecular weight excluding hydrogens is 370 g/mol. The first-order valence-corrected chi connectivity index (χ1v) is 9.74. The van der Waals surface area contributed by atoms with Gasteiger partial charge in [0.15, 0.2) is 0 Å². The summed E-state index contributed by atoms with van der Waals surface area (Å²) < 4.78 is 35.1. The molecule has 9 heteroatoms. The molecule has 0 bridgehead atoms. The summed E-state index contributed by atoms with van der Waals surface area (Å²) in [5.74, 6) is 0. The van der Waals surface area contributed by atoms with Crippen molar-refractivity contribution in [2.45, 2.75) is 0 Å². The molecule has 0 amide bonds. The molecule has 8 nitrogen and oxygen atoms in total. The van der Waals surface area contributed by atoms with Gasteiger partial charge < -0.3 is 10.2 Å². The molecule has 27 heavy (non-hydrogen) atoms. The Kier molecular flexibility index (Phi) is 6.19. The van der Waals surface area contributed by atoms with E-state index in [1.54, 1.807) is 0 Å². The minimum absolute atomic E-state index is 0.772. The highest BCUT2D eigenvalue weighted by Crippen LogP contribution is 2.30. The third-order valence-electron chi connectivity index (χ3n) is 4.08. The van der Waals surface area contributed by atoms with Crippen molar-refractivity contribution in [3.8, 4) is 0 Å². The van der Waals surface area contributed by atoms with Gasteiger partial charge in [0.05, 0.1) is 37.0 Å². The van der Waals surface area contributed by atoms with Gasteiger partial charge in [-0.3, -0.25) is 8.74 Å². The van der Waals surface area contributed by atoms with Crippen LogP contribution in [-0.2, 0) is 19.3 Å². The number of hydrogen-bond donors (Lipinski definition) is 2. The molecular formula is C18H21N3O5S. The van der Waals surface area contributed by atoms with E-state index in [2.05, 4.69) is 51.0 Å². The maximum atomic E-state index is 9.33. The van der Waals surface area contributed by atoms with Crippen molar-refractivity contribution in [3.63, 3.8) is 0 Å². The van der Waals surface area contributed by atoms with E-state index in [4.69, 9.17) is 14.3 Å². The molecule has 0 spiro atoms. The predicted octanol–water partition coefficient (Wildman–Crippen LogP) is 2.48. The second-order valence-electron chi connectivity index (χ2n) is 5.83. The minimum Gasteiger partial charge on any atom is -0.379 e. The van der Waals surface area contributed by atoms with E-state index < -0.39 is 10.4 Å². The number of anilines is 1. The molecule has 2 N–H and O–H groups in total. The Morgan fingerprint density at radius 2 is 1.52 bits per heavy atom. The van der Waals surface area contributed by atoms with Crippen LogP contribution in [0, 0.1) is 0 Å². The van der Waals surface area contributed by atoms with Crippen LogP contribution in [0.4, 0.5) is 5.69 Å². The van der Waals surface area contributed by atoms with Crippen molar-refractivity contribution < 1.29 is 21.9 Å². The maximum Gasteiger partial charge on any atom is 0.397 e. The Labute approximate surface area is 157 Å². The van der Waals surface area contributed by atoms with Crippen molar-refractivity contribution in [1.29, 1.82) is 0 Å². The summed E-state index contributed by atoms with van der Waals surface area (Å²) in [4.78, 5) is 4.75. The summed E-state index contributed by atoms with van der Waals surface area (Å²) in [5.41, 5.74) is 6.76. The van der Waals surface area contributed by atoms with Crippen LogP contribution in [0.15, 0.2) is 48.5 Å². The van der Waals surface area contributed by atoms with Crippen molar-refractivity contribution in [2.75, 3.05) is 38.8 Å². The van der Waals surface area contributed by atoms with Crippen LogP contribution in [0.2, 0.25) is 0 Å². The Balaban J connectivity index is 0.000000307. The zero-order valence-corrected chi connectivity index (χ0v) is 15.6. The van der Waals surface area contributed by atoms with E-state index in [1.165, 1.54) is 0 Å². The molecule has 1 aliphatic heterocycles. The molecule has 2 aromatic carbocycles. The fraction of sp³-hybridized carbons (Fsp3) is 0.278. The van der Waals surface area contributed by atoms with Gasteiger partial charge in [-0.25, -0.2) is 9.99 Å². The van der Waals surface area contributed by atoms with E-state index >= 15 is 0 Å². The van der Waals surface area contributed by atoms with E-state index in [-0.39, 0.29) is 0 Å². The molecule has 0 saturated carbocycles. The fourth-order valence-electron chi connectivity index (χ4n) is 2.79. The molecule has 0 radical (unpaired) electrons. The standard InChI is InChI=1S/C17H17N3O.CH4O4S/c1-3-7-15-13(5-1)17(19-20-9-11-21-12-10-20)14-6-2-4-8-16(14)18-15;1-5-6(2,3)4/h1-8H,9-12H2,(H,18,19);1H3,(H,2,3,4). The minimum atomic E-state index is -4.16. The highest BCUT2D eigenvalue weighted by molar-refractivity contribution is 7.80. The molecule has 3 aromatic rings. The molecule has 1 aromatic heterocycles. The van der Waals surface area contributed by atoms with Gasteiger partial charge in [-0.1, -0.05) is 36.4 Å². The maximum absolute atomic E-state index is 9.33. The molecule has 0 unspecified atom stereocenters. The van der Waals surface area contributed by atoms with Crippen LogP contribution in [-0.4, -0.2) is 56.4 Å². The van der Waals surface area contributed by atoms with E-state index in [1.807, 2.05) is 12.1 Å². The Hall–Kier alpha value is -2.30. The first-order valence-electron chi connectivity index (χ1n) is 8.38. The number of hydrogen-bond acceptors (Lipinski definition) is 7. The molecule has 4 rings (SSSR count). The lowest BCUT2D eigenvalue weighted by Crippen LogP contribution is -2.40. The predicted molar refractivity (Wildman–Crippen MR) is 104 cm³/mol. The Bertz CT molecular complexity index is 966. The summed E-state index contributed by atoms with van der Waals surface area (Å²) in [6.07, 6.45) is 0. The van der Waals surface area contributed by atoms with Crippen LogP contribution >= 0.6 is 0 Å². The number of nitrogens with one attached hydrogen (secondary N) is 1. The summed E-state index contributed by atoms with van der Waals surface area (Å²) in [5, 5.41) is 4.53. The van der Waals surface area contributed by atoms with Gasteiger partial charge in [0.25, 0.3) is 0 Å². The second-order valence-corrected chi connectivity index (χ2v) is 7.02. The Morgan fingerprint density at radius 1 is 1.04 bits per heavy atom. The lowest BCUT2D eigenvalue weighted by molar-refractivity contribution is 0.0498. The molecule has 1 fully saturated rings. The van der Waals surface area contributed by atoms with Crippen molar-refractivity contribution in [1.82, 2.24) is 9.99 Å². The quantitative estimate of drug-likeness (QED) is 0.519. The number of aromatic nitrogens is 1. The number of morpholine rings is 1. The number of ether oxygens (including phenoxy) is 1. The van der Waals surface area contributed by atoms with Crippen LogP contribution in [0.5, 0.6) is 0 Å². The topological polar surface area (TPSA) is 101 Å². The van der Waals surface area contributed by atoms with Gasteiger partial charge in [0.2, 0.25) is 0 Å². The van der Waals surface area contributed by atoms with Gasteiger partial charge in [0.1, 0.15) is 0 Å². The average Bonchev–Trinajstić information content (AvgIpc) is 2.68. The van der Waals surface area contributed by atoms with Crippen molar-refractivity contribution in [2.24, 2.45) is 0 Å². The highest BCUT2D eigenvalue weighted by atomic mass is 32.3. The first-order chi connectivity index (χ1) is 13.0. The van der Waals surface area contributed by atoms with Gasteiger partial charge in [-0.2, -0.15) is 8.42 Å². The molecule has 1 saturated heterocycles. The SMILES string of the molecule is COS(=O)(=O)O.c1ccc2c(NN3CCOCC3)c3ccccc3nc2c1. The number of hydrazine groups is 1. The van der Waals surface area contributed by atoms with Crippen molar-refractivity contribution >= 4 is 37.9 Å². The third kappa shape index (κ3) is 5.12. The fourth-order valence-corrected chi connectivity index (χ4v) is 2.79. The van der Waals surface area contributed by atoms with Gasteiger partial charge >= 0.3 is 10.4 Å². The monoisotopic (exact) mass is 391 g/mol. The summed E-state index contributed by atoms with van der Waals surface area (Å²) in [7, 11) is -3.29. The van der Waals surface area contributed by atoms with E-state index in [9.17, 15) is 8.42 Å². The normalized spacial score (nSPS) is 15.3. The first kappa shape index (κ1) is 19.5. The van der Waals surface area contributed by atoms with Crippen LogP contribution in [0.25, 0.3) is 21.8 Å². The molecule has 1 aliphatic rings. The summed E-state index contributed by atoms with van der Waals surface area (Å²) >= 11 is 0. The van der Waals surface area contributed by atoms with Gasteiger partial charge in [0, 0.05) is 23.9 Å². The highest BCUT2D eigenvalue weighted by Gasteiger charge is 2.14. The number of fused-ring (bicyclic) bond motifs is 2. The van der Waals surface area contributed by atoms with Crippen LogP contribution < -0.4 is 5.43 Å². The zero-order chi connectivity index (χ0) is 19.3. The summed E-state index contributed by atoms with van der Waals surface area (Å²) in [6.45, 7) is 3.33. The van der Waals surface area contributed by atoms with Crippen LogP contribution in [0.3, 0.4) is 0 Å². The lowest BCUT2D eigenvalue weighted by Gasteiger charge is -2.29. The number of nitrogens with zero attached hydrogens (tertiary/aromatic N) is 2. The van der Waals surface area contributed by atoms with Crippen LogP contribution in [0.1, 0.15) is 0 Å². The lowest BCUT2D eigenvalue weighted by atomic mass is 10.1.